The number of methoxy groups -OCH3 is 1. The minimum Gasteiger partial charge on any atom is -0.487 e. The Balaban J connectivity index is 3.50. The van der Waals surface area contributed by atoms with Crippen LogP contribution in [0.3, 0.4) is 0 Å². The number of hydrogen-bond acceptors (Lipinski definition) is 8. The van der Waals surface area contributed by atoms with Crippen LogP contribution in [0.5, 0.6) is 5.75 Å². The molecule has 0 spiro atoms. The van der Waals surface area contributed by atoms with Crippen molar-refractivity contribution in [2.24, 2.45) is 10.9 Å². The smallest absolute Gasteiger partial charge is 0.340 e. The Morgan fingerprint density at radius 1 is 1.54 bits per heavy atom. The van der Waals surface area contributed by atoms with Gasteiger partial charge in [0.2, 0.25) is 0 Å². The van der Waals surface area contributed by atoms with E-state index in [1.807, 2.05) is 0 Å². The number of carbonyl (C=O) groups excluding carboxylic acids is 1. The number of esters is 1. The average Bonchev–Trinajstić information content (AvgIpc) is 2.54. The number of hydrogen-bond donors (Lipinski definition) is 1. The van der Waals surface area contributed by atoms with Crippen LogP contribution in [-0.4, -0.2) is 41.9 Å². The monoisotopic (exact) mass is 335 g/mol. The van der Waals surface area contributed by atoms with Crippen LogP contribution >= 0.6 is 0 Å². The van der Waals surface area contributed by atoms with Crippen molar-refractivity contribution in [3.63, 3.8) is 0 Å². The fourth-order valence-electron chi connectivity index (χ4n) is 1.66. The molecule has 24 heavy (non-hydrogen) atoms. The summed E-state index contributed by atoms with van der Waals surface area (Å²) in [4.78, 5) is 36.7. The number of carbonyl (C=O) groups is 2. The van der Waals surface area contributed by atoms with Crippen molar-refractivity contribution in [1.82, 2.24) is 0 Å². The lowest BCUT2D eigenvalue weighted by Crippen LogP contribution is -2.12. The number of aliphatic carboxylic acids is 1. The molecular formula is C14H13N3O7. The van der Waals surface area contributed by atoms with Gasteiger partial charge in [-0.15, -0.1) is 0 Å². The standard InChI is InChI=1S/C14H13N3O7/c1-3-24-12-5-10(16-7-8(6-15)13(18)19)9(14(20)23-2)4-11(12)17(21)22/h4-5,7-8H,3H2,1-2H3,(H,18,19). The first-order valence-electron chi connectivity index (χ1n) is 6.55. The van der Waals surface area contributed by atoms with Gasteiger partial charge in [0.1, 0.15) is 0 Å². The lowest BCUT2D eigenvalue weighted by Gasteiger charge is -2.09. The molecule has 0 aliphatic carbocycles. The van der Waals surface area contributed by atoms with Gasteiger partial charge in [-0.2, -0.15) is 5.26 Å². The van der Waals surface area contributed by atoms with Crippen LogP contribution in [0.25, 0.3) is 0 Å². The van der Waals surface area contributed by atoms with Crippen LogP contribution in [0.2, 0.25) is 0 Å². The van der Waals surface area contributed by atoms with Gasteiger partial charge in [-0.1, -0.05) is 0 Å². The largest absolute Gasteiger partial charge is 0.487 e. The number of aliphatic imine (C=N–C) groups is 1. The Bertz CT molecular complexity index is 737. The zero-order chi connectivity index (χ0) is 18.3. The van der Waals surface area contributed by atoms with Gasteiger partial charge in [0.15, 0.2) is 11.7 Å². The van der Waals surface area contributed by atoms with Crippen molar-refractivity contribution in [3.05, 3.63) is 27.8 Å². The molecule has 0 bridgehead atoms. The maximum atomic E-state index is 11.8. The molecule has 1 aromatic rings. The predicted octanol–water partition coefficient (Wildman–Crippen LogP) is 1.71. The quantitative estimate of drug-likeness (QED) is 0.342. The van der Waals surface area contributed by atoms with Crippen molar-refractivity contribution in [3.8, 4) is 11.8 Å². The Hall–Kier alpha value is -3.48. The second-order valence-electron chi connectivity index (χ2n) is 4.24. The fraction of sp³-hybridized carbons (Fsp3) is 0.286. The number of nitro groups is 1. The van der Waals surface area contributed by atoms with Gasteiger partial charge in [-0.3, -0.25) is 19.9 Å². The summed E-state index contributed by atoms with van der Waals surface area (Å²) in [7, 11) is 1.08. The first-order valence-corrected chi connectivity index (χ1v) is 6.55. The van der Waals surface area contributed by atoms with Crippen molar-refractivity contribution in [1.29, 1.82) is 5.26 Å². The molecule has 1 atom stereocenters. The van der Waals surface area contributed by atoms with Crippen LogP contribution in [0.1, 0.15) is 17.3 Å². The molecule has 0 amide bonds. The fourth-order valence-corrected chi connectivity index (χ4v) is 1.66. The van der Waals surface area contributed by atoms with E-state index in [0.717, 1.165) is 25.5 Å². The normalized spacial score (nSPS) is 11.5. The number of carboxylic acids is 1. The molecule has 0 aliphatic heterocycles. The second-order valence-corrected chi connectivity index (χ2v) is 4.24. The van der Waals surface area contributed by atoms with Crippen LogP contribution in [0.15, 0.2) is 17.1 Å². The molecule has 0 fully saturated rings. The summed E-state index contributed by atoms with van der Waals surface area (Å²) in [5, 5.41) is 28.6. The molecule has 0 radical (unpaired) electrons. The molecule has 0 aliphatic rings. The topological polar surface area (TPSA) is 152 Å². The van der Waals surface area contributed by atoms with E-state index in [-0.39, 0.29) is 23.6 Å². The number of rotatable bonds is 7. The molecule has 0 saturated carbocycles. The highest BCUT2D eigenvalue weighted by atomic mass is 16.6. The highest BCUT2D eigenvalue weighted by Crippen LogP contribution is 2.35. The van der Waals surface area contributed by atoms with Crippen LogP contribution in [0, 0.1) is 27.4 Å². The first-order chi connectivity index (χ1) is 11.3. The zero-order valence-corrected chi connectivity index (χ0v) is 12.8. The molecule has 10 heteroatoms. The van der Waals surface area contributed by atoms with Crippen molar-refractivity contribution in [2.75, 3.05) is 13.7 Å². The number of nitriles is 1. The Morgan fingerprint density at radius 2 is 2.21 bits per heavy atom. The minimum absolute atomic E-state index is 0.114. The van der Waals surface area contributed by atoms with E-state index in [9.17, 15) is 19.7 Å². The van der Waals surface area contributed by atoms with Gasteiger partial charge >= 0.3 is 17.6 Å². The van der Waals surface area contributed by atoms with Crippen molar-refractivity contribution >= 4 is 29.5 Å². The summed E-state index contributed by atoms with van der Waals surface area (Å²) in [6.45, 7) is 1.73. The summed E-state index contributed by atoms with van der Waals surface area (Å²) in [5.41, 5.74) is -0.838. The predicted molar refractivity (Wildman–Crippen MR) is 80.5 cm³/mol. The lowest BCUT2D eigenvalue weighted by molar-refractivity contribution is -0.385. The van der Waals surface area contributed by atoms with Crippen LogP contribution in [0.4, 0.5) is 11.4 Å². The van der Waals surface area contributed by atoms with Gasteiger partial charge in [0.25, 0.3) is 0 Å². The highest BCUT2D eigenvalue weighted by molar-refractivity contribution is 5.98. The number of nitrogens with zero attached hydrogens (tertiary/aromatic N) is 3. The Kier molecular flexibility index (Phi) is 6.37. The summed E-state index contributed by atoms with van der Waals surface area (Å²) in [6.07, 6.45) is 0.811. The number of ether oxygens (including phenoxy) is 2. The summed E-state index contributed by atoms with van der Waals surface area (Å²) < 4.78 is 9.67. The van der Waals surface area contributed by atoms with Crippen molar-refractivity contribution < 1.29 is 29.1 Å². The van der Waals surface area contributed by atoms with E-state index in [2.05, 4.69) is 9.73 Å². The Labute approximate surface area is 136 Å². The maximum Gasteiger partial charge on any atom is 0.340 e. The van der Waals surface area contributed by atoms with Gasteiger partial charge in [-0.05, 0) is 6.92 Å². The number of benzene rings is 1. The third-order valence-corrected chi connectivity index (χ3v) is 2.75. The van der Waals surface area contributed by atoms with Crippen molar-refractivity contribution in [2.45, 2.75) is 6.92 Å². The molecular weight excluding hydrogens is 322 g/mol. The van der Waals surface area contributed by atoms with E-state index in [1.165, 1.54) is 6.07 Å². The molecule has 1 aromatic carbocycles. The Morgan fingerprint density at radius 3 is 2.67 bits per heavy atom. The zero-order valence-electron chi connectivity index (χ0n) is 12.8. The molecule has 10 nitrogen and oxygen atoms in total. The third kappa shape index (κ3) is 4.26. The van der Waals surface area contributed by atoms with Gasteiger partial charge < -0.3 is 14.6 Å². The van der Waals surface area contributed by atoms with Crippen LogP contribution < -0.4 is 4.74 Å². The van der Waals surface area contributed by atoms with Crippen LogP contribution in [-0.2, 0) is 9.53 Å². The van der Waals surface area contributed by atoms with E-state index < -0.39 is 28.5 Å². The molecule has 1 rings (SSSR count). The molecule has 0 heterocycles. The van der Waals surface area contributed by atoms with E-state index in [0.29, 0.717) is 0 Å². The van der Waals surface area contributed by atoms with Gasteiger partial charge in [0.05, 0.1) is 36.0 Å². The molecule has 0 aromatic heterocycles. The molecule has 0 saturated heterocycles. The minimum atomic E-state index is -1.54. The van der Waals surface area contributed by atoms with E-state index in [4.69, 9.17) is 15.1 Å². The van der Waals surface area contributed by atoms with E-state index >= 15 is 0 Å². The highest BCUT2D eigenvalue weighted by Gasteiger charge is 2.23. The average molecular weight is 335 g/mol. The third-order valence-electron chi connectivity index (χ3n) is 2.75. The lowest BCUT2D eigenvalue weighted by atomic mass is 10.1. The van der Waals surface area contributed by atoms with Gasteiger partial charge in [0, 0.05) is 18.3 Å². The number of nitro benzene ring substituents is 1. The molecule has 1 unspecified atom stereocenters. The summed E-state index contributed by atoms with van der Waals surface area (Å²) >= 11 is 0. The molecule has 126 valence electrons. The molecule has 1 N–H and O–H groups in total. The first kappa shape index (κ1) is 18.6. The maximum absolute atomic E-state index is 11.8. The SMILES string of the molecule is CCOc1cc(N=CC(C#N)C(=O)O)c(C(=O)OC)cc1[N+](=O)[O-]. The summed E-state index contributed by atoms with van der Waals surface area (Å²) in [6, 6.07) is 3.53. The second kappa shape index (κ2) is 8.23. The van der Waals surface area contributed by atoms with Gasteiger partial charge in [-0.25, -0.2) is 4.79 Å². The summed E-state index contributed by atoms with van der Waals surface area (Å²) in [5.74, 6) is -4.02. The van der Waals surface area contributed by atoms with E-state index in [1.54, 1.807) is 6.92 Å². The number of carboxylic acid groups (broad SMARTS) is 1.